The zero-order valence-electron chi connectivity index (χ0n) is 31.4. The number of imidazole rings is 3. The number of rotatable bonds is 2. The van der Waals surface area contributed by atoms with Crippen molar-refractivity contribution in [2.24, 2.45) is 0 Å². The second-order valence-corrected chi connectivity index (χ2v) is 17.1. The fourth-order valence-corrected chi connectivity index (χ4v) is 7.21. The van der Waals surface area contributed by atoms with Gasteiger partial charge in [-0.15, -0.1) is 0 Å². The Morgan fingerprint density at radius 1 is 0.472 bits per heavy atom. The minimum absolute atomic E-state index is 0. The van der Waals surface area contributed by atoms with Crippen LogP contribution in [0.2, 0.25) is 0 Å². The number of pyridine rings is 2. The van der Waals surface area contributed by atoms with Crippen LogP contribution in [0.25, 0.3) is 73.2 Å². The molecule has 0 radical (unpaired) electrons. The number of benzene rings is 3. The Hall–Kier alpha value is -5.14. The third kappa shape index (κ3) is 5.42. The summed E-state index contributed by atoms with van der Waals surface area (Å²) in [5.41, 5.74) is 10.5. The molecule has 9 nitrogen and oxygen atoms in total. The maximum atomic E-state index is 11.9. The molecule has 0 aliphatic heterocycles. The molecular weight excluding hydrogens is 840 g/mol. The van der Waals surface area contributed by atoms with Gasteiger partial charge in [-0.05, 0) is 82.0 Å². The summed E-state index contributed by atoms with van der Waals surface area (Å²) in [5, 5.41) is 11.9. The van der Waals surface area contributed by atoms with E-state index in [9.17, 15) is 5.11 Å². The average Bonchev–Trinajstić information content (AvgIpc) is 3.77. The van der Waals surface area contributed by atoms with Crippen LogP contribution in [0.5, 0.6) is 5.75 Å². The van der Waals surface area contributed by atoms with Crippen molar-refractivity contribution < 1.29 is 26.2 Å². The van der Waals surface area contributed by atoms with Gasteiger partial charge in [0, 0.05) is 32.2 Å². The van der Waals surface area contributed by atoms with Gasteiger partial charge >= 0.3 is 0 Å². The molecule has 6 heterocycles. The van der Waals surface area contributed by atoms with E-state index in [1.807, 2.05) is 52.9 Å². The smallest absolute Gasteiger partial charge is 0.226 e. The summed E-state index contributed by atoms with van der Waals surface area (Å²) < 4.78 is 6.21. The summed E-state index contributed by atoms with van der Waals surface area (Å²) >= 11 is 0. The van der Waals surface area contributed by atoms with Crippen molar-refractivity contribution in [3.05, 3.63) is 102 Å². The van der Waals surface area contributed by atoms with Crippen LogP contribution in [-0.2, 0) is 37.3 Å². The van der Waals surface area contributed by atoms with Gasteiger partial charge in [-0.2, -0.15) is 0 Å². The second kappa shape index (κ2) is 11.7. The second-order valence-electron chi connectivity index (χ2n) is 17.1. The van der Waals surface area contributed by atoms with E-state index in [1.165, 1.54) is 0 Å². The number of phenolic OH excluding ortho intramolecular Hbond substituents is 1. The quantitative estimate of drug-likeness (QED) is 0.186. The van der Waals surface area contributed by atoms with E-state index in [4.69, 9.17) is 24.9 Å². The van der Waals surface area contributed by atoms with Gasteiger partial charge in [-0.25, -0.2) is 38.1 Å². The molecule has 10 heteroatoms. The van der Waals surface area contributed by atoms with Gasteiger partial charge in [0.2, 0.25) is 17.3 Å². The zero-order chi connectivity index (χ0) is 36.5. The first-order chi connectivity index (χ1) is 24.6. The molecule has 0 saturated carbocycles. The number of nitrogens with zero attached hydrogens (tertiary/aromatic N) is 8. The first kappa shape index (κ1) is 34.9. The van der Waals surface area contributed by atoms with E-state index in [1.54, 1.807) is 0 Å². The first-order valence-corrected chi connectivity index (χ1v) is 17.8. The maximum absolute atomic E-state index is 11.9. The van der Waals surface area contributed by atoms with Crippen LogP contribution in [-0.4, -0.2) is 43.2 Å². The molecule has 0 unspecified atom stereocenters. The summed E-state index contributed by atoms with van der Waals surface area (Å²) in [6.07, 6.45) is 0. The Bertz CT molecular complexity index is 2890. The zero-order valence-corrected chi connectivity index (χ0v) is 33.7. The van der Waals surface area contributed by atoms with Gasteiger partial charge in [0.1, 0.15) is 11.3 Å². The maximum Gasteiger partial charge on any atom is 0.226 e. The van der Waals surface area contributed by atoms with E-state index in [2.05, 4.69) is 108 Å². The first-order valence-electron chi connectivity index (χ1n) is 17.8. The summed E-state index contributed by atoms with van der Waals surface area (Å²) in [6.45, 7) is 19.6. The van der Waals surface area contributed by atoms with Crippen molar-refractivity contribution in [2.75, 3.05) is 0 Å². The van der Waals surface area contributed by atoms with Crippen molar-refractivity contribution in [3.63, 3.8) is 0 Å². The predicted octanol–water partition coefficient (Wildman–Crippen LogP) is 9.81. The molecule has 0 aliphatic carbocycles. The molecule has 0 saturated heterocycles. The molecule has 9 aromatic rings. The summed E-state index contributed by atoms with van der Waals surface area (Å²) in [4.78, 5) is 25.9. The SMILES string of the molecule is CC(C)(C)c1cc(-c2ccc3nc4n5c6ccccc6nc5n5c6ccccc6nc5n4c3n2)nc(-c2cc(C(C)(C)C)cc(C(C)(C)C)c2O)c1.[Pt]. The van der Waals surface area contributed by atoms with Crippen molar-refractivity contribution >= 4 is 50.6 Å². The largest absolute Gasteiger partial charge is 0.507 e. The number of aromatic hydroxyl groups is 1. The number of hydrogen-bond acceptors (Lipinski definition) is 6. The van der Waals surface area contributed by atoms with Crippen molar-refractivity contribution in [2.45, 2.75) is 78.6 Å². The minimum atomic E-state index is -0.269. The van der Waals surface area contributed by atoms with Crippen LogP contribution in [0.3, 0.4) is 0 Å². The Labute approximate surface area is 322 Å². The molecule has 0 amide bonds. The van der Waals surface area contributed by atoms with Gasteiger partial charge in [0.25, 0.3) is 0 Å². The fourth-order valence-electron chi connectivity index (χ4n) is 7.21. The molecule has 0 bridgehead atoms. The monoisotopic (exact) mass is 881 g/mol. The van der Waals surface area contributed by atoms with E-state index < -0.39 is 0 Å². The van der Waals surface area contributed by atoms with Crippen molar-refractivity contribution in [1.29, 1.82) is 0 Å². The molecule has 9 rings (SSSR count). The Kier molecular flexibility index (Phi) is 7.69. The van der Waals surface area contributed by atoms with Crippen LogP contribution in [0, 0.1) is 0 Å². The van der Waals surface area contributed by atoms with Crippen LogP contribution < -0.4 is 0 Å². The average molecular weight is 882 g/mol. The van der Waals surface area contributed by atoms with Crippen molar-refractivity contribution in [1.82, 2.24) is 38.1 Å². The van der Waals surface area contributed by atoms with Crippen molar-refractivity contribution in [3.8, 4) is 28.4 Å². The molecule has 53 heavy (non-hydrogen) atoms. The van der Waals surface area contributed by atoms with Gasteiger partial charge in [-0.3, -0.25) is 0 Å². The number of fused-ring (bicyclic) bond motifs is 12. The molecule has 0 spiro atoms. The topological polar surface area (TPSA) is 97.9 Å². The summed E-state index contributed by atoms with van der Waals surface area (Å²) in [7, 11) is 0. The third-order valence-corrected chi connectivity index (χ3v) is 10.2. The summed E-state index contributed by atoms with van der Waals surface area (Å²) in [5.74, 6) is 2.37. The molecule has 6 aromatic heterocycles. The van der Waals surface area contributed by atoms with Gasteiger partial charge in [0.15, 0.2) is 5.65 Å². The van der Waals surface area contributed by atoms with Gasteiger partial charge in [0.05, 0.1) is 39.1 Å². The standard InChI is InChI=1S/C43H42N8O.Pt/c1-41(2,3)24-20-26(36(52)27(21-24)43(7,8)9)32-22-25(42(4,5)6)23-33(44-32)28-18-19-31-37(45-28)51-39-47-30-15-11-13-17-35(30)49(39)38-46-29-14-10-12-16-34(29)50(38)40(51)48-31;/h10-23,52H,1-9H3;. The molecule has 270 valence electrons. The van der Waals surface area contributed by atoms with Crippen LogP contribution in [0.15, 0.2) is 84.9 Å². The van der Waals surface area contributed by atoms with Crippen LogP contribution >= 0.6 is 0 Å². The molecule has 0 fully saturated rings. The van der Waals surface area contributed by atoms with E-state index in [0.29, 0.717) is 28.6 Å². The fraction of sp³-hybridized carbons (Fsp3) is 0.279. The van der Waals surface area contributed by atoms with Gasteiger partial charge in [-0.1, -0.05) is 92.6 Å². The van der Waals surface area contributed by atoms with Crippen LogP contribution in [0.4, 0.5) is 0 Å². The molecule has 1 N–H and O–H groups in total. The van der Waals surface area contributed by atoms with E-state index in [0.717, 1.165) is 61.3 Å². The number of aromatic nitrogens is 8. The Morgan fingerprint density at radius 2 is 0.981 bits per heavy atom. The molecular formula is C43H42N8OPt. The molecule has 0 aliphatic rings. The number of para-hydroxylation sites is 4. The molecule has 3 aromatic carbocycles. The van der Waals surface area contributed by atoms with E-state index >= 15 is 0 Å². The predicted molar refractivity (Wildman–Crippen MR) is 209 cm³/mol. The van der Waals surface area contributed by atoms with Crippen LogP contribution in [0.1, 0.15) is 79.0 Å². The normalized spacial score (nSPS) is 12.9. The molecule has 0 atom stereocenters. The summed E-state index contributed by atoms with van der Waals surface area (Å²) in [6, 6.07) is 28.7. The number of hydrogen-bond donors (Lipinski definition) is 1. The third-order valence-electron chi connectivity index (χ3n) is 10.2. The Morgan fingerprint density at radius 3 is 1.55 bits per heavy atom. The van der Waals surface area contributed by atoms with E-state index in [-0.39, 0.29) is 43.1 Å². The number of phenols is 1. The minimum Gasteiger partial charge on any atom is -0.507 e. The van der Waals surface area contributed by atoms with Gasteiger partial charge < -0.3 is 5.11 Å². The Balaban J connectivity index is 0.00000400.